The van der Waals surface area contributed by atoms with E-state index in [1.165, 1.54) is 5.56 Å². The highest BCUT2D eigenvalue weighted by atomic mass is 16.5. The van der Waals surface area contributed by atoms with Crippen LogP contribution >= 0.6 is 0 Å². The highest BCUT2D eigenvalue weighted by Gasteiger charge is 2.07. The number of carbonyl (C=O) groups is 1. The number of aryl methyl sites for hydroxylation is 1. The molecule has 0 radical (unpaired) electrons. The van der Waals surface area contributed by atoms with Crippen molar-refractivity contribution in [3.8, 4) is 5.75 Å². The number of nitrogens with zero attached hydrogens (tertiary/aromatic N) is 2. The average molecular weight is 323 g/mol. The first-order chi connectivity index (χ1) is 11.7. The van der Waals surface area contributed by atoms with Crippen LogP contribution in [0.2, 0.25) is 0 Å². The highest BCUT2D eigenvalue weighted by Crippen LogP contribution is 2.16. The van der Waals surface area contributed by atoms with E-state index in [1.807, 2.05) is 54.9 Å². The molecule has 1 N–H and O–H groups in total. The van der Waals surface area contributed by atoms with Gasteiger partial charge in [-0.25, -0.2) is 4.98 Å². The Kier molecular flexibility index (Phi) is 4.79. The number of benzene rings is 1. The van der Waals surface area contributed by atoms with E-state index in [-0.39, 0.29) is 5.91 Å². The first-order valence-corrected chi connectivity index (χ1v) is 8.11. The van der Waals surface area contributed by atoms with Crippen LogP contribution in [-0.4, -0.2) is 21.8 Å². The summed E-state index contributed by atoms with van der Waals surface area (Å²) in [5, 5.41) is 2.86. The number of hydrogen-bond donors (Lipinski definition) is 1. The number of pyridine rings is 1. The number of rotatable bonds is 6. The number of amides is 1. The van der Waals surface area contributed by atoms with Crippen molar-refractivity contribution in [3.63, 3.8) is 0 Å². The van der Waals surface area contributed by atoms with Crippen molar-refractivity contribution in [2.24, 2.45) is 0 Å². The zero-order valence-corrected chi connectivity index (χ0v) is 14.0. The average Bonchev–Trinajstić information content (AvgIpc) is 3.00. The molecule has 2 heterocycles. The normalized spacial score (nSPS) is 10.8. The third kappa shape index (κ3) is 3.74. The molecule has 0 aliphatic rings. The van der Waals surface area contributed by atoms with Crippen LogP contribution in [0, 0.1) is 6.92 Å². The van der Waals surface area contributed by atoms with Crippen LogP contribution in [0.5, 0.6) is 5.75 Å². The lowest BCUT2D eigenvalue weighted by Crippen LogP contribution is -2.23. The van der Waals surface area contributed by atoms with E-state index in [4.69, 9.17) is 4.74 Å². The van der Waals surface area contributed by atoms with Crippen LogP contribution < -0.4 is 10.1 Å². The molecule has 1 amide bonds. The zero-order valence-electron chi connectivity index (χ0n) is 14.0. The van der Waals surface area contributed by atoms with E-state index in [0.29, 0.717) is 24.5 Å². The summed E-state index contributed by atoms with van der Waals surface area (Å²) in [6, 6.07) is 11.2. The minimum absolute atomic E-state index is 0.0782. The molecule has 3 aromatic rings. The lowest BCUT2D eigenvalue weighted by Gasteiger charge is -2.07. The minimum Gasteiger partial charge on any atom is -0.487 e. The number of aromatic nitrogens is 2. The van der Waals surface area contributed by atoms with Crippen LogP contribution in [0.15, 0.2) is 48.8 Å². The van der Waals surface area contributed by atoms with Crippen molar-refractivity contribution in [3.05, 3.63) is 65.6 Å². The fraction of sp³-hybridized carbons (Fsp3) is 0.263. The smallest absolute Gasteiger partial charge is 0.251 e. The molecule has 24 heavy (non-hydrogen) atoms. The predicted octanol–water partition coefficient (Wildman–Crippen LogP) is 3.36. The Bertz CT molecular complexity index is 855. The first kappa shape index (κ1) is 16.1. The van der Waals surface area contributed by atoms with Crippen molar-refractivity contribution in [2.75, 3.05) is 6.54 Å². The summed E-state index contributed by atoms with van der Waals surface area (Å²) in [6.45, 7) is 5.10. The van der Waals surface area contributed by atoms with Gasteiger partial charge in [0.25, 0.3) is 5.91 Å². The third-order valence-corrected chi connectivity index (χ3v) is 3.67. The lowest BCUT2D eigenvalue weighted by molar-refractivity contribution is 0.0953. The molecule has 0 aliphatic carbocycles. The van der Waals surface area contributed by atoms with Crippen LogP contribution in [0.25, 0.3) is 5.65 Å². The zero-order chi connectivity index (χ0) is 16.9. The summed E-state index contributed by atoms with van der Waals surface area (Å²) in [4.78, 5) is 16.5. The largest absolute Gasteiger partial charge is 0.487 e. The molecule has 0 bridgehead atoms. The second kappa shape index (κ2) is 7.17. The molecule has 0 unspecified atom stereocenters. The second-order valence-corrected chi connectivity index (χ2v) is 5.78. The molecule has 0 spiro atoms. The predicted molar refractivity (Wildman–Crippen MR) is 93.3 cm³/mol. The van der Waals surface area contributed by atoms with Gasteiger partial charge in [-0.1, -0.05) is 19.1 Å². The molecule has 0 fully saturated rings. The van der Waals surface area contributed by atoms with Gasteiger partial charge in [-0.3, -0.25) is 4.79 Å². The minimum atomic E-state index is -0.0782. The SMILES string of the molecule is CCCNC(=O)c1cccc(OCc2cn3cc(C)ccc3n2)c1. The molecule has 124 valence electrons. The summed E-state index contributed by atoms with van der Waals surface area (Å²) < 4.78 is 7.78. The number of fused-ring (bicyclic) bond motifs is 1. The van der Waals surface area contributed by atoms with Gasteiger partial charge in [0.2, 0.25) is 0 Å². The molecule has 5 heteroatoms. The maximum Gasteiger partial charge on any atom is 0.251 e. The van der Waals surface area contributed by atoms with Crippen LogP contribution in [0.1, 0.15) is 35.0 Å². The van der Waals surface area contributed by atoms with Crippen molar-refractivity contribution in [1.29, 1.82) is 0 Å². The molecular formula is C19H21N3O2. The maximum atomic E-state index is 12.0. The van der Waals surface area contributed by atoms with Gasteiger partial charge in [0.15, 0.2) is 0 Å². The van der Waals surface area contributed by atoms with Crippen LogP contribution in [-0.2, 0) is 6.61 Å². The molecule has 5 nitrogen and oxygen atoms in total. The van der Waals surface area contributed by atoms with E-state index in [9.17, 15) is 4.79 Å². The summed E-state index contributed by atoms with van der Waals surface area (Å²) >= 11 is 0. The van der Waals surface area contributed by atoms with E-state index in [2.05, 4.69) is 10.3 Å². The van der Waals surface area contributed by atoms with Gasteiger partial charge in [-0.05, 0) is 43.2 Å². The summed E-state index contributed by atoms with van der Waals surface area (Å²) in [7, 11) is 0. The van der Waals surface area contributed by atoms with Crippen molar-refractivity contribution in [2.45, 2.75) is 26.9 Å². The Labute approximate surface area is 141 Å². The van der Waals surface area contributed by atoms with Crippen molar-refractivity contribution in [1.82, 2.24) is 14.7 Å². The number of ether oxygens (including phenoxy) is 1. The highest BCUT2D eigenvalue weighted by molar-refractivity contribution is 5.94. The van der Waals surface area contributed by atoms with Gasteiger partial charge in [-0.15, -0.1) is 0 Å². The van der Waals surface area contributed by atoms with Crippen molar-refractivity contribution >= 4 is 11.6 Å². The Morgan fingerprint density at radius 1 is 1.25 bits per heavy atom. The van der Waals surface area contributed by atoms with Crippen LogP contribution in [0.3, 0.4) is 0 Å². The van der Waals surface area contributed by atoms with Gasteiger partial charge in [-0.2, -0.15) is 0 Å². The van der Waals surface area contributed by atoms with Gasteiger partial charge >= 0.3 is 0 Å². The number of carbonyl (C=O) groups excluding carboxylic acids is 1. The first-order valence-electron chi connectivity index (χ1n) is 8.11. The molecule has 0 saturated heterocycles. The number of imidazole rings is 1. The van der Waals surface area contributed by atoms with E-state index < -0.39 is 0 Å². The lowest BCUT2D eigenvalue weighted by atomic mass is 10.2. The summed E-state index contributed by atoms with van der Waals surface area (Å²) in [5.41, 5.74) is 3.53. The molecule has 0 saturated carbocycles. The molecule has 3 rings (SSSR count). The summed E-state index contributed by atoms with van der Waals surface area (Å²) in [5.74, 6) is 0.581. The Balaban J connectivity index is 1.68. The molecule has 0 aliphatic heterocycles. The van der Waals surface area contributed by atoms with E-state index >= 15 is 0 Å². The van der Waals surface area contributed by atoms with E-state index in [1.54, 1.807) is 12.1 Å². The Morgan fingerprint density at radius 2 is 2.12 bits per heavy atom. The monoisotopic (exact) mass is 323 g/mol. The van der Waals surface area contributed by atoms with Gasteiger partial charge in [0.1, 0.15) is 18.0 Å². The Morgan fingerprint density at radius 3 is 2.96 bits per heavy atom. The Hall–Kier alpha value is -2.82. The van der Waals surface area contributed by atoms with Gasteiger partial charge in [0, 0.05) is 24.5 Å². The molecule has 2 aromatic heterocycles. The van der Waals surface area contributed by atoms with Crippen molar-refractivity contribution < 1.29 is 9.53 Å². The van der Waals surface area contributed by atoms with Gasteiger partial charge in [0.05, 0.1) is 5.69 Å². The quantitative estimate of drug-likeness (QED) is 0.757. The number of hydrogen-bond acceptors (Lipinski definition) is 3. The fourth-order valence-electron chi connectivity index (χ4n) is 2.45. The fourth-order valence-corrected chi connectivity index (χ4v) is 2.45. The third-order valence-electron chi connectivity index (χ3n) is 3.67. The topological polar surface area (TPSA) is 55.6 Å². The van der Waals surface area contributed by atoms with E-state index in [0.717, 1.165) is 17.8 Å². The van der Waals surface area contributed by atoms with Crippen LogP contribution in [0.4, 0.5) is 0 Å². The maximum absolute atomic E-state index is 12.0. The number of nitrogens with one attached hydrogen (secondary N) is 1. The molecule has 0 atom stereocenters. The standard InChI is InChI=1S/C19H21N3O2/c1-3-9-20-19(23)15-5-4-6-17(10-15)24-13-16-12-22-11-14(2)7-8-18(22)21-16/h4-8,10-12H,3,9,13H2,1-2H3,(H,20,23). The second-order valence-electron chi connectivity index (χ2n) is 5.78. The molecular weight excluding hydrogens is 302 g/mol. The summed E-state index contributed by atoms with van der Waals surface area (Å²) in [6.07, 6.45) is 4.90. The molecule has 1 aromatic carbocycles. The van der Waals surface area contributed by atoms with Gasteiger partial charge < -0.3 is 14.5 Å².